The Labute approximate surface area is 120 Å². The Balaban J connectivity index is 2.47. The number of rotatable bonds is 8. The minimum Gasteiger partial charge on any atom is -0.315 e. The maximum Gasteiger partial charge on any atom is 0.232 e. The van der Waals surface area contributed by atoms with Crippen LogP contribution in [-0.2, 0) is 10.0 Å². The Kier molecular flexibility index (Phi) is 6.42. The lowest BCUT2D eigenvalue weighted by Gasteiger charge is -2.11. The molecule has 1 aromatic carbocycles. The molecule has 0 aromatic heterocycles. The van der Waals surface area contributed by atoms with Crippen molar-refractivity contribution in [2.24, 2.45) is 0 Å². The summed E-state index contributed by atoms with van der Waals surface area (Å²) in [6.45, 7) is 6.63. The lowest BCUT2D eigenvalue weighted by atomic mass is 10.2. The molecule has 0 fully saturated rings. The zero-order chi connectivity index (χ0) is 15.2. The molecule has 0 radical (unpaired) electrons. The number of benzene rings is 1. The molecule has 0 saturated carbocycles. The Morgan fingerprint density at radius 3 is 2.60 bits per heavy atom. The van der Waals surface area contributed by atoms with Gasteiger partial charge >= 0.3 is 0 Å². The van der Waals surface area contributed by atoms with Gasteiger partial charge < -0.3 is 5.32 Å². The first kappa shape index (κ1) is 16.9. The van der Waals surface area contributed by atoms with Crippen LogP contribution in [0.1, 0.15) is 32.3 Å². The van der Waals surface area contributed by atoms with Crippen molar-refractivity contribution < 1.29 is 12.8 Å². The smallest absolute Gasteiger partial charge is 0.232 e. The van der Waals surface area contributed by atoms with Crippen LogP contribution in [0.5, 0.6) is 0 Å². The van der Waals surface area contributed by atoms with Crippen LogP contribution in [0, 0.1) is 12.7 Å². The van der Waals surface area contributed by atoms with Crippen LogP contribution in [-0.4, -0.2) is 26.8 Å². The number of anilines is 1. The van der Waals surface area contributed by atoms with E-state index in [0.717, 1.165) is 13.0 Å². The number of hydrogen-bond acceptors (Lipinski definition) is 3. The third-order valence-electron chi connectivity index (χ3n) is 2.86. The first-order valence-electron chi connectivity index (χ1n) is 6.80. The van der Waals surface area contributed by atoms with E-state index in [1.54, 1.807) is 13.0 Å². The van der Waals surface area contributed by atoms with Gasteiger partial charge in [-0.1, -0.05) is 19.9 Å². The van der Waals surface area contributed by atoms with Gasteiger partial charge in [0.2, 0.25) is 10.0 Å². The first-order chi connectivity index (χ1) is 9.30. The summed E-state index contributed by atoms with van der Waals surface area (Å²) in [6.07, 6.45) is 1.37. The van der Waals surface area contributed by atoms with Crippen molar-refractivity contribution in [3.63, 3.8) is 0 Å². The molecule has 0 aliphatic heterocycles. The Hall–Kier alpha value is -1.14. The molecule has 0 atom stereocenters. The molecule has 114 valence electrons. The molecule has 0 unspecified atom stereocenters. The highest BCUT2D eigenvalue weighted by molar-refractivity contribution is 7.92. The summed E-state index contributed by atoms with van der Waals surface area (Å²) in [5.74, 6) is -0.405. The van der Waals surface area contributed by atoms with E-state index in [9.17, 15) is 12.8 Å². The SMILES string of the molecule is Cc1ccc(F)cc1NS(=O)(=O)CCCCNC(C)C. The van der Waals surface area contributed by atoms with E-state index in [1.165, 1.54) is 12.1 Å². The van der Waals surface area contributed by atoms with Crippen molar-refractivity contribution in [2.75, 3.05) is 17.0 Å². The van der Waals surface area contributed by atoms with Gasteiger partial charge in [-0.05, 0) is 44.0 Å². The fourth-order valence-corrected chi connectivity index (χ4v) is 2.97. The maximum atomic E-state index is 13.1. The van der Waals surface area contributed by atoms with E-state index >= 15 is 0 Å². The van der Waals surface area contributed by atoms with Crippen molar-refractivity contribution in [3.8, 4) is 0 Å². The van der Waals surface area contributed by atoms with E-state index in [0.29, 0.717) is 23.7 Å². The molecule has 1 aromatic rings. The lowest BCUT2D eigenvalue weighted by molar-refractivity contribution is 0.561. The van der Waals surface area contributed by atoms with E-state index in [2.05, 4.69) is 10.0 Å². The number of aryl methyl sites for hydroxylation is 1. The fourth-order valence-electron chi connectivity index (χ4n) is 1.73. The lowest BCUT2D eigenvalue weighted by Crippen LogP contribution is -2.24. The molecule has 4 nitrogen and oxygen atoms in total. The van der Waals surface area contributed by atoms with Crippen molar-refractivity contribution in [1.29, 1.82) is 0 Å². The largest absolute Gasteiger partial charge is 0.315 e. The second-order valence-electron chi connectivity index (χ2n) is 5.20. The van der Waals surface area contributed by atoms with Gasteiger partial charge in [-0.2, -0.15) is 0 Å². The van der Waals surface area contributed by atoms with Crippen LogP contribution in [0.2, 0.25) is 0 Å². The second-order valence-corrected chi connectivity index (χ2v) is 7.04. The third kappa shape index (κ3) is 6.34. The monoisotopic (exact) mass is 302 g/mol. The van der Waals surface area contributed by atoms with Crippen LogP contribution in [0.3, 0.4) is 0 Å². The molecule has 0 bridgehead atoms. The van der Waals surface area contributed by atoms with Gasteiger partial charge in [-0.3, -0.25) is 4.72 Å². The highest BCUT2D eigenvalue weighted by Crippen LogP contribution is 2.17. The number of sulfonamides is 1. The average molecular weight is 302 g/mol. The van der Waals surface area contributed by atoms with Gasteiger partial charge in [0.15, 0.2) is 0 Å². The van der Waals surface area contributed by atoms with Crippen LogP contribution in [0.25, 0.3) is 0 Å². The zero-order valence-corrected chi connectivity index (χ0v) is 13.1. The standard InChI is InChI=1S/C14H23FN2O2S/c1-11(2)16-8-4-5-9-20(18,19)17-14-10-13(15)7-6-12(14)3/h6-7,10-11,16-17H,4-5,8-9H2,1-3H3. The highest BCUT2D eigenvalue weighted by atomic mass is 32.2. The molecule has 0 saturated heterocycles. The van der Waals surface area contributed by atoms with Crippen LogP contribution in [0.15, 0.2) is 18.2 Å². The number of nitrogens with one attached hydrogen (secondary N) is 2. The number of hydrogen-bond donors (Lipinski definition) is 2. The quantitative estimate of drug-likeness (QED) is 0.726. The van der Waals surface area contributed by atoms with Crippen LogP contribution < -0.4 is 10.0 Å². The zero-order valence-electron chi connectivity index (χ0n) is 12.2. The molecule has 0 aliphatic carbocycles. The number of unbranched alkanes of at least 4 members (excludes halogenated alkanes) is 1. The van der Waals surface area contributed by atoms with Crippen molar-refractivity contribution in [1.82, 2.24) is 5.32 Å². The number of halogens is 1. The van der Waals surface area contributed by atoms with E-state index < -0.39 is 15.8 Å². The average Bonchev–Trinajstić information content (AvgIpc) is 2.32. The van der Waals surface area contributed by atoms with Crippen LogP contribution in [0.4, 0.5) is 10.1 Å². The van der Waals surface area contributed by atoms with Crippen molar-refractivity contribution in [2.45, 2.75) is 39.7 Å². The first-order valence-corrected chi connectivity index (χ1v) is 8.45. The molecule has 0 spiro atoms. The predicted molar refractivity (Wildman–Crippen MR) is 80.9 cm³/mol. The molecule has 0 heterocycles. The topological polar surface area (TPSA) is 58.2 Å². The minimum atomic E-state index is -3.42. The Morgan fingerprint density at radius 1 is 1.25 bits per heavy atom. The van der Waals surface area contributed by atoms with Gasteiger partial charge in [-0.15, -0.1) is 0 Å². The van der Waals surface area contributed by atoms with Crippen molar-refractivity contribution >= 4 is 15.7 Å². The summed E-state index contributed by atoms with van der Waals surface area (Å²) in [6, 6.07) is 4.47. The summed E-state index contributed by atoms with van der Waals surface area (Å²) in [5.41, 5.74) is 1.02. The second kappa shape index (κ2) is 7.59. The van der Waals surface area contributed by atoms with Gasteiger partial charge in [0.05, 0.1) is 11.4 Å². The maximum absolute atomic E-state index is 13.1. The van der Waals surface area contributed by atoms with Gasteiger partial charge in [0, 0.05) is 6.04 Å². The molecular weight excluding hydrogens is 279 g/mol. The van der Waals surface area contributed by atoms with E-state index in [-0.39, 0.29) is 5.75 Å². The summed E-state index contributed by atoms with van der Waals surface area (Å²) < 4.78 is 39.4. The molecule has 6 heteroatoms. The third-order valence-corrected chi connectivity index (χ3v) is 4.21. The van der Waals surface area contributed by atoms with Crippen LogP contribution >= 0.6 is 0 Å². The molecule has 1 rings (SSSR count). The van der Waals surface area contributed by atoms with Crippen molar-refractivity contribution in [3.05, 3.63) is 29.6 Å². The van der Waals surface area contributed by atoms with Gasteiger partial charge in [0.1, 0.15) is 5.82 Å². The van der Waals surface area contributed by atoms with E-state index in [4.69, 9.17) is 0 Å². The Bertz CT molecular complexity index is 530. The summed E-state index contributed by atoms with van der Waals surface area (Å²) in [4.78, 5) is 0. The van der Waals surface area contributed by atoms with E-state index in [1.807, 2.05) is 13.8 Å². The fraction of sp³-hybridized carbons (Fsp3) is 0.571. The summed E-state index contributed by atoms with van der Waals surface area (Å²) in [7, 11) is -3.42. The molecule has 0 amide bonds. The molecule has 20 heavy (non-hydrogen) atoms. The molecule has 2 N–H and O–H groups in total. The molecule has 0 aliphatic rings. The minimum absolute atomic E-state index is 0.0444. The van der Waals surface area contributed by atoms with Gasteiger partial charge in [-0.25, -0.2) is 12.8 Å². The highest BCUT2D eigenvalue weighted by Gasteiger charge is 2.12. The predicted octanol–water partition coefficient (Wildman–Crippen LogP) is 2.65. The Morgan fingerprint density at radius 2 is 1.95 bits per heavy atom. The molecular formula is C14H23FN2O2S. The van der Waals surface area contributed by atoms with Gasteiger partial charge in [0.25, 0.3) is 0 Å². The normalized spacial score (nSPS) is 11.8. The summed E-state index contributed by atoms with van der Waals surface area (Å²) >= 11 is 0. The summed E-state index contributed by atoms with van der Waals surface area (Å²) in [5, 5.41) is 3.23.